The van der Waals surface area contributed by atoms with Crippen LogP contribution in [0.5, 0.6) is 0 Å². The predicted octanol–water partition coefficient (Wildman–Crippen LogP) is 3.04. The van der Waals surface area contributed by atoms with E-state index in [1.54, 1.807) is 0 Å². The van der Waals surface area contributed by atoms with Crippen LogP contribution in [0.3, 0.4) is 0 Å². The third kappa shape index (κ3) is 1.45. The second-order valence-corrected chi connectivity index (χ2v) is 7.04. The summed E-state index contributed by atoms with van der Waals surface area (Å²) < 4.78 is 0. The first-order chi connectivity index (χ1) is 7.57. The van der Waals surface area contributed by atoms with Crippen molar-refractivity contribution in [1.82, 2.24) is 4.98 Å². The number of hydrogen-bond acceptors (Lipinski definition) is 3. The fourth-order valence-corrected chi connectivity index (χ4v) is 4.00. The van der Waals surface area contributed by atoms with Gasteiger partial charge in [0.15, 0.2) is 0 Å². The summed E-state index contributed by atoms with van der Waals surface area (Å²) in [6, 6.07) is 0. The van der Waals surface area contributed by atoms with Crippen LogP contribution in [0, 0.1) is 5.41 Å². The number of hydrogen-bond donors (Lipinski definition) is 1. The Hall–Kier alpha value is -0.410. The predicted molar refractivity (Wildman–Crippen MR) is 67.8 cm³/mol. The lowest BCUT2D eigenvalue weighted by Crippen LogP contribution is -2.41. The highest BCUT2D eigenvalue weighted by atomic mass is 32.1. The minimum absolute atomic E-state index is 0.244. The molecule has 1 aromatic heterocycles. The summed E-state index contributed by atoms with van der Waals surface area (Å²) in [5.74, 6) is 0.709. The van der Waals surface area contributed by atoms with Gasteiger partial charge in [0, 0.05) is 23.3 Å². The van der Waals surface area contributed by atoms with E-state index in [-0.39, 0.29) is 5.41 Å². The molecule has 2 fully saturated rings. The number of nitrogens with two attached hydrogens (primary N) is 1. The molecule has 16 heavy (non-hydrogen) atoms. The first kappa shape index (κ1) is 10.7. The second-order valence-electron chi connectivity index (χ2n) is 6.15. The quantitative estimate of drug-likeness (QED) is 0.876. The highest BCUT2D eigenvalue weighted by Crippen LogP contribution is 2.59. The van der Waals surface area contributed by atoms with E-state index in [1.165, 1.54) is 36.4 Å². The van der Waals surface area contributed by atoms with Crippen molar-refractivity contribution >= 4 is 11.3 Å². The zero-order valence-electron chi connectivity index (χ0n) is 10.1. The smallest absolute Gasteiger partial charge is 0.0965 e. The fourth-order valence-electron chi connectivity index (χ4n) is 2.75. The van der Waals surface area contributed by atoms with Crippen LogP contribution in [0.4, 0.5) is 0 Å². The standard InChI is InChI=1S/C13H20N2S/c1-12(2)6-9(12)11-15-10(7-16-11)13(8-14)4-3-5-13/h7,9H,3-6,8,14H2,1-2H3. The molecule has 1 atom stereocenters. The number of aromatic nitrogens is 1. The van der Waals surface area contributed by atoms with Crippen molar-refractivity contribution in [2.75, 3.05) is 6.54 Å². The maximum Gasteiger partial charge on any atom is 0.0965 e. The van der Waals surface area contributed by atoms with Crippen molar-refractivity contribution in [3.63, 3.8) is 0 Å². The van der Waals surface area contributed by atoms with Gasteiger partial charge < -0.3 is 5.73 Å². The van der Waals surface area contributed by atoms with E-state index in [0.29, 0.717) is 11.3 Å². The van der Waals surface area contributed by atoms with Gasteiger partial charge in [-0.25, -0.2) is 4.98 Å². The molecule has 0 amide bonds. The topological polar surface area (TPSA) is 38.9 Å². The Labute approximate surface area is 101 Å². The summed E-state index contributed by atoms with van der Waals surface area (Å²) in [5.41, 5.74) is 7.94. The van der Waals surface area contributed by atoms with Crippen molar-refractivity contribution in [3.8, 4) is 0 Å². The third-order valence-corrected chi connectivity index (χ3v) is 5.54. The molecule has 3 heteroatoms. The van der Waals surface area contributed by atoms with E-state index in [9.17, 15) is 0 Å². The zero-order valence-corrected chi connectivity index (χ0v) is 10.9. The number of thiazole rings is 1. The van der Waals surface area contributed by atoms with Crippen molar-refractivity contribution in [2.24, 2.45) is 11.1 Å². The van der Waals surface area contributed by atoms with Gasteiger partial charge in [-0.15, -0.1) is 11.3 Å². The zero-order chi connectivity index (χ0) is 11.4. The Morgan fingerprint density at radius 3 is 2.62 bits per heavy atom. The highest BCUT2D eigenvalue weighted by Gasteiger charge is 2.49. The first-order valence-corrected chi connectivity index (χ1v) is 7.11. The molecule has 1 aromatic rings. The van der Waals surface area contributed by atoms with Crippen LogP contribution in [-0.2, 0) is 5.41 Å². The van der Waals surface area contributed by atoms with Crippen LogP contribution in [0.25, 0.3) is 0 Å². The molecule has 1 heterocycles. The van der Waals surface area contributed by atoms with Crippen molar-refractivity contribution < 1.29 is 0 Å². The van der Waals surface area contributed by atoms with Crippen LogP contribution in [0.1, 0.15) is 56.2 Å². The van der Waals surface area contributed by atoms with E-state index >= 15 is 0 Å². The monoisotopic (exact) mass is 236 g/mol. The molecular formula is C13H20N2S. The maximum absolute atomic E-state index is 5.92. The molecule has 3 rings (SSSR count). The Morgan fingerprint density at radius 2 is 2.19 bits per heavy atom. The molecule has 2 saturated carbocycles. The van der Waals surface area contributed by atoms with Crippen LogP contribution in [0.15, 0.2) is 5.38 Å². The van der Waals surface area contributed by atoms with Gasteiger partial charge >= 0.3 is 0 Å². The van der Waals surface area contributed by atoms with Gasteiger partial charge in [-0.1, -0.05) is 20.3 Å². The molecule has 0 radical (unpaired) electrons. The van der Waals surface area contributed by atoms with E-state index in [0.717, 1.165) is 6.54 Å². The van der Waals surface area contributed by atoms with E-state index < -0.39 is 0 Å². The van der Waals surface area contributed by atoms with Gasteiger partial charge in [0.1, 0.15) is 0 Å². The molecule has 2 N–H and O–H groups in total. The van der Waals surface area contributed by atoms with Crippen molar-refractivity contribution in [3.05, 3.63) is 16.1 Å². The largest absolute Gasteiger partial charge is 0.330 e. The summed E-state index contributed by atoms with van der Waals surface area (Å²) in [6.45, 7) is 5.44. The van der Waals surface area contributed by atoms with Gasteiger partial charge in [-0.05, 0) is 24.7 Å². The Bertz CT molecular complexity index is 398. The van der Waals surface area contributed by atoms with Crippen molar-refractivity contribution in [1.29, 1.82) is 0 Å². The number of rotatable bonds is 3. The average Bonchev–Trinajstić information content (AvgIpc) is 2.62. The lowest BCUT2D eigenvalue weighted by Gasteiger charge is -2.39. The molecule has 0 spiro atoms. The summed E-state index contributed by atoms with van der Waals surface area (Å²) >= 11 is 1.85. The van der Waals surface area contributed by atoms with E-state index in [2.05, 4.69) is 19.2 Å². The highest BCUT2D eigenvalue weighted by molar-refractivity contribution is 7.09. The van der Waals surface area contributed by atoms with Crippen LogP contribution < -0.4 is 5.73 Å². The fraction of sp³-hybridized carbons (Fsp3) is 0.769. The molecular weight excluding hydrogens is 216 g/mol. The Kier molecular flexibility index (Phi) is 2.21. The van der Waals surface area contributed by atoms with Gasteiger partial charge in [-0.2, -0.15) is 0 Å². The summed E-state index contributed by atoms with van der Waals surface area (Å²) in [5, 5.41) is 3.61. The van der Waals surface area contributed by atoms with Gasteiger partial charge in [0.25, 0.3) is 0 Å². The lowest BCUT2D eigenvalue weighted by atomic mass is 9.67. The van der Waals surface area contributed by atoms with Gasteiger partial charge in [0.05, 0.1) is 10.7 Å². The van der Waals surface area contributed by atoms with E-state index in [1.807, 2.05) is 11.3 Å². The Balaban J connectivity index is 1.83. The molecule has 0 aliphatic heterocycles. The molecule has 2 nitrogen and oxygen atoms in total. The summed E-state index contributed by atoms with van der Waals surface area (Å²) in [6.07, 6.45) is 5.09. The third-order valence-electron chi connectivity index (χ3n) is 4.58. The molecule has 0 bridgehead atoms. The maximum atomic E-state index is 5.92. The molecule has 2 aliphatic rings. The van der Waals surface area contributed by atoms with Crippen LogP contribution >= 0.6 is 11.3 Å². The average molecular weight is 236 g/mol. The van der Waals surface area contributed by atoms with Crippen LogP contribution in [-0.4, -0.2) is 11.5 Å². The normalized spacial score (nSPS) is 29.8. The molecule has 88 valence electrons. The summed E-state index contributed by atoms with van der Waals surface area (Å²) in [4.78, 5) is 4.87. The Morgan fingerprint density at radius 1 is 1.50 bits per heavy atom. The first-order valence-electron chi connectivity index (χ1n) is 6.23. The molecule has 0 aromatic carbocycles. The SMILES string of the molecule is CC1(C)CC1c1nc(C2(CN)CCC2)cs1. The summed E-state index contributed by atoms with van der Waals surface area (Å²) in [7, 11) is 0. The van der Waals surface area contributed by atoms with E-state index in [4.69, 9.17) is 10.7 Å². The second kappa shape index (κ2) is 3.30. The lowest BCUT2D eigenvalue weighted by molar-refractivity contribution is 0.246. The van der Waals surface area contributed by atoms with Gasteiger partial charge in [0.2, 0.25) is 0 Å². The molecule has 2 aliphatic carbocycles. The minimum Gasteiger partial charge on any atom is -0.330 e. The van der Waals surface area contributed by atoms with Crippen LogP contribution in [0.2, 0.25) is 0 Å². The van der Waals surface area contributed by atoms with Crippen molar-refractivity contribution in [2.45, 2.75) is 50.9 Å². The minimum atomic E-state index is 0.244. The number of nitrogens with zero attached hydrogens (tertiary/aromatic N) is 1. The molecule has 1 unspecified atom stereocenters. The van der Waals surface area contributed by atoms with Gasteiger partial charge in [-0.3, -0.25) is 0 Å². The molecule has 0 saturated heterocycles.